The molecule has 0 saturated carbocycles. The maximum absolute atomic E-state index is 13.0. The first-order chi connectivity index (χ1) is 13.0. The first kappa shape index (κ1) is 16.8. The number of nitrogens with zero attached hydrogens (tertiary/aromatic N) is 4. The second-order valence-corrected chi connectivity index (χ2v) is 5.94. The minimum Gasteiger partial charge on any atom is -0.497 e. The molecule has 0 aliphatic carbocycles. The summed E-state index contributed by atoms with van der Waals surface area (Å²) in [5.74, 6) is 0.137. The lowest BCUT2D eigenvalue weighted by Crippen LogP contribution is -2.19. The van der Waals surface area contributed by atoms with Gasteiger partial charge >= 0.3 is 5.97 Å². The number of ether oxygens (including phenoxy) is 2. The maximum atomic E-state index is 13.0. The molecule has 0 aliphatic heterocycles. The van der Waals surface area contributed by atoms with Crippen LogP contribution in [0.5, 0.6) is 5.75 Å². The highest BCUT2D eigenvalue weighted by atomic mass is 16.5. The number of fused-ring (bicyclic) bond motifs is 3. The van der Waals surface area contributed by atoms with E-state index in [0.717, 1.165) is 0 Å². The highest BCUT2D eigenvalue weighted by Gasteiger charge is 2.21. The molecule has 0 saturated heterocycles. The van der Waals surface area contributed by atoms with Crippen LogP contribution in [-0.4, -0.2) is 39.4 Å². The van der Waals surface area contributed by atoms with Crippen LogP contribution in [0, 0.1) is 6.92 Å². The minimum atomic E-state index is -0.515. The SMILES string of the molecule is COC(=O)c1c(C)nn2c1ncc1c(=O)n(-c3cccc(OC)c3)ccc12. The largest absolute Gasteiger partial charge is 0.497 e. The van der Waals surface area contributed by atoms with Crippen molar-refractivity contribution in [2.24, 2.45) is 0 Å². The molecular weight excluding hydrogens is 348 g/mol. The summed E-state index contributed by atoms with van der Waals surface area (Å²) in [4.78, 5) is 29.3. The average Bonchev–Trinajstić information content (AvgIpc) is 3.04. The fourth-order valence-electron chi connectivity index (χ4n) is 3.08. The van der Waals surface area contributed by atoms with Gasteiger partial charge in [0.2, 0.25) is 0 Å². The van der Waals surface area contributed by atoms with Crippen molar-refractivity contribution in [2.75, 3.05) is 14.2 Å². The number of aryl methyl sites for hydroxylation is 1. The molecule has 8 nitrogen and oxygen atoms in total. The molecule has 4 rings (SSSR count). The van der Waals surface area contributed by atoms with E-state index < -0.39 is 5.97 Å². The Hall–Kier alpha value is -3.68. The molecule has 0 amide bonds. The highest BCUT2D eigenvalue weighted by Crippen LogP contribution is 2.20. The van der Waals surface area contributed by atoms with Crippen molar-refractivity contribution in [1.82, 2.24) is 19.2 Å². The van der Waals surface area contributed by atoms with Crippen molar-refractivity contribution in [2.45, 2.75) is 6.92 Å². The van der Waals surface area contributed by atoms with Crippen LogP contribution >= 0.6 is 0 Å². The molecule has 1 aromatic carbocycles. The Morgan fingerprint density at radius 1 is 1.19 bits per heavy atom. The van der Waals surface area contributed by atoms with Crippen molar-refractivity contribution in [1.29, 1.82) is 0 Å². The summed E-state index contributed by atoms with van der Waals surface area (Å²) in [5, 5.41) is 4.75. The second kappa shape index (κ2) is 6.24. The van der Waals surface area contributed by atoms with E-state index in [1.807, 2.05) is 18.2 Å². The van der Waals surface area contributed by atoms with Crippen molar-refractivity contribution in [3.63, 3.8) is 0 Å². The van der Waals surface area contributed by atoms with Crippen LogP contribution in [0.1, 0.15) is 16.1 Å². The summed E-state index contributed by atoms with van der Waals surface area (Å²) in [6.45, 7) is 1.70. The zero-order valence-electron chi connectivity index (χ0n) is 15.0. The Morgan fingerprint density at radius 3 is 2.74 bits per heavy atom. The Balaban J connectivity index is 1.98. The van der Waals surface area contributed by atoms with E-state index in [9.17, 15) is 9.59 Å². The fourth-order valence-corrected chi connectivity index (χ4v) is 3.08. The van der Waals surface area contributed by atoms with Crippen LogP contribution in [0.15, 0.2) is 47.5 Å². The van der Waals surface area contributed by atoms with Gasteiger partial charge in [0.15, 0.2) is 5.65 Å². The van der Waals surface area contributed by atoms with E-state index in [0.29, 0.717) is 33.7 Å². The first-order valence-corrected chi connectivity index (χ1v) is 8.17. The molecule has 3 aromatic heterocycles. The molecular formula is C19H16N4O4. The molecule has 0 fully saturated rings. The summed E-state index contributed by atoms with van der Waals surface area (Å²) in [6, 6.07) is 8.97. The molecule has 0 bridgehead atoms. The van der Waals surface area contributed by atoms with Crippen LogP contribution in [0.3, 0.4) is 0 Å². The van der Waals surface area contributed by atoms with Gasteiger partial charge in [-0.1, -0.05) is 6.07 Å². The summed E-state index contributed by atoms with van der Waals surface area (Å²) in [7, 11) is 2.88. The maximum Gasteiger partial charge on any atom is 0.343 e. The summed E-state index contributed by atoms with van der Waals surface area (Å²) < 4.78 is 13.0. The van der Waals surface area contributed by atoms with Gasteiger partial charge in [0.05, 0.1) is 36.5 Å². The Morgan fingerprint density at radius 2 is 2.00 bits per heavy atom. The van der Waals surface area contributed by atoms with E-state index in [1.54, 1.807) is 32.4 Å². The van der Waals surface area contributed by atoms with Gasteiger partial charge in [0.1, 0.15) is 11.3 Å². The third-order valence-electron chi connectivity index (χ3n) is 4.41. The fraction of sp³-hybridized carbons (Fsp3) is 0.158. The highest BCUT2D eigenvalue weighted by molar-refractivity contribution is 5.98. The van der Waals surface area contributed by atoms with E-state index in [4.69, 9.17) is 9.47 Å². The van der Waals surface area contributed by atoms with E-state index >= 15 is 0 Å². The lowest BCUT2D eigenvalue weighted by Gasteiger charge is -2.09. The van der Waals surface area contributed by atoms with Gasteiger partial charge < -0.3 is 9.47 Å². The zero-order valence-corrected chi connectivity index (χ0v) is 15.0. The smallest absolute Gasteiger partial charge is 0.343 e. The van der Waals surface area contributed by atoms with Crippen molar-refractivity contribution >= 4 is 22.5 Å². The molecule has 0 N–H and O–H groups in total. The van der Waals surface area contributed by atoms with Crippen LogP contribution in [0.25, 0.3) is 22.2 Å². The minimum absolute atomic E-state index is 0.247. The van der Waals surface area contributed by atoms with Crippen LogP contribution in [0.2, 0.25) is 0 Å². The molecule has 0 aliphatic rings. The summed E-state index contributed by atoms with van der Waals surface area (Å²) in [6.07, 6.45) is 3.12. The molecule has 27 heavy (non-hydrogen) atoms. The normalized spacial score (nSPS) is 11.1. The molecule has 0 atom stereocenters. The standard InChI is InChI=1S/C19H16N4O4/c1-11-16(19(25)27-3)17-20-10-14-15(23(17)21-11)7-8-22(18(14)24)12-5-4-6-13(9-12)26-2/h4-10H,1-3H3. The third-order valence-corrected chi connectivity index (χ3v) is 4.41. The molecule has 4 aromatic rings. The monoisotopic (exact) mass is 364 g/mol. The van der Waals surface area contributed by atoms with Crippen molar-refractivity contribution in [3.8, 4) is 11.4 Å². The van der Waals surface area contributed by atoms with Gasteiger partial charge in [-0.15, -0.1) is 0 Å². The number of hydrogen-bond donors (Lipinski definition) is 0. The van der Waals surface area contributed by atoms with Crippen LogP contribution < -0.4 is 10.3 Å². The number of carbonyl (C=O) groups is 1. The van der Waals surface area contributed by atoms with Gasteiger partial charge in [-0.25, -0.2) is 14.3 Å². The van der Waals surface area contributed by atoms with E-state index in [1.165, 1.54) is 22.4 Å². The van der Waals surface area contributed by atoms with Crippen molar-refractivity contribution < 1.29 is 14.3 Å². The van der Waals surface area contributed by atoms with Gasteiger partial charge in [0, 0.05) is 18.5 Å². The number of benzene rings is 1. The van der Waals surface area contributed by atoms with Gasteiger partial charge in [-0.2, -0.15) is 5.10 Å². The number of carbonyl (C=O) groups excluding carboxylic acids is 1. The lowest BCUT2D eigenvalue weighted by atomic mass is 10.2. The average molecular weight is 364 g/mol. The van der Waals surface area contributed by atoms with Gasteiger partial charge in [-0.3, -0.25) is 9.36 Å². The topological polar surface area (TPSA) is 87.7 Å². The third kappa shape index (κ3) is 2.53. The number of rotatable bonds is 3. The van der Waals surface area contributed by atoms with Crippen molar-refractivity contribution in [3.05, 3.63) is 64.3 Å². The second-order valence-electron chi connectivity index (χ2n) is 5.94. The Labute approximate surface area is 153 Å². The van der Waals surface area contributed by atoms with Gasteiger partial charge in [-0.05, 0) is 25.1 Å². The number of methoxy groups -OCH3 is 2. The van der Waals surface area contributed by atoms with Crippen LogP contribution in [0.4, 0.5) is 0 Å². The predicted octanol–water partition coefficient (Wildman–Crippen LogP) is 2.14. The molecule has 0 spiro atoms. The van der Waals surface area contributed by atoms with Gasteiger partial charge in [0.25, 0.3) is 5.56 Å². The molecule has 3 heterocycles. The molecule has 0 unspecified atom stereocenters. The zero-order chi connectivity index (χ0) is 19.1. The first-order valence-electron chi connectivity index (χ1n) is 8.17. The summed E-state index contributed by atoms with van der Waals surface area (Å²) >= 11 is 0. The lowest BCUT2D eigenvalue weighted by molar-refractivity contribution is 0.0602. The number of aromatic nitrogens is 4. The molecule has 0 radical (unpaired) electrons. The molecule has 136 valence electrons. The Bertz CT molecular complexity index is 1260. The molecule has 8 heteroatoms. The predicted molar refractivity (Wildman–Crippen MR) is 98.7 cm³/mol. The quantitative estimate of drug-likeness (QED) is 0.518. The Kier molecular flexibility index (Phi) is 3.88. The number of esters is 1. The number of hydrogen-bond acceptors (Lipinski definition) is 6. The van der Waals surface area contributed by atoms with E-state index in [2.05, 4.69) is 10.1 Å². The van der Waals surface area contributed by atoms with Crippen LogP contribution in [-0.2, 0) is 4.74 Å². The van der Waals surface area contributed by atoms with E-state index in [-0.39, 0.29) is 11.1 Å². The summed E-state index contributed by atoms with van der Waals surface area (Å²) in [5.41, 5.74) is 2.11. The number of pyridine rings is 1.